The van der Waals surface area contributed by atoms with Crippen molar-refractivity contribution in [2.24, 2.45) is 0 Å². The van der Waals surface area contributed by atoms with Crippen LogP contribution in [0.2, 0.25) is 0 Å². The van der Waals surface area contributed by atoms with Crippen LogP contribution in [0.1, 0.15) is 53.0 Å². The minimum atomic E-state index is -4.44. The zero-order valence-corrected chi connectivity index (χ0v) is 15.8. The minimum absolute atomic E-state index is 0.0169. The molecule has 8 nitrogen and oxygen atoms in total. The van der Waals surface area contributed by atoms with E-state index in [1.165, 1.54) is 23.0 Å². The number of hydrogen-bond donors (Lipinski definition) is 0. The zero-order valence-electron chi connectivity index (χ0n) is 15.8. The Kier molecular flexibility index (Phi) is 5.57. The van der Waals surface area contributed by atoms with E-state index in [0.29, 0.717) is 17.2 Å². The van der Waals surface area contributed by atoms with Gasteiger partial charge in [-0.3, -0.25) is 0 Å². The first-order valence-electron chi connectivity index (χ1n) is 8.62. The second-order valence-electron chi connectivity index (χ2n) is 6.50. The number of aryl methyl sites for hydroxylation is 1. The number of ether oxygens (including phenoxy) is 1. The van der Waals surface area contributed by atoms with Crippen molar-refractivity contribution in [3.8, 4) is 5.69 Å². The van der Waals surface area contributed by atoms with Crippen LogP contribution in [0.4, 0.5) is 13.2 Å². The van der Waals surface area contributed by atoms with Gasteiger partial charge in [0, 0.05) is 6.20 Å². The molecule has 0 radical (unpaired) electrons. The average molecular weight is 406 g/mol. The highest BCUT2D eigenvalue weighted by molar-refractivity contribution is 5.90. The van der Waals surface area contributed by atoms with Crippen molar-refractivity contribution < 1.29 is 22.7 Å². The molecule has 0 saturated heterocycles. The summed E-state index contributed by atoms with van der Waals surface area (Å²) in [6.45, 7) is 5.23. The molecule has 29 heavy (non-hydrogen) atoms. The number of carbonyl (C=O) groups excluding carboxylic acids is 1. The lowest BCUT2D eigenvalue weighted by molar-refractivity contribution is -0.137. The maximum absolute atomic E-state index is 12.7. The lowest BCUT2D eigenvalue weighted by atomic mass is 10.1. The summed E-state index contributed by atoms with van der Waals surface area (Å²) in [5, 5.41) is 11.0. The van der Waals surface area contributed by atoms with Crippen molar-refractivity contribution >= 4 is 5.97 Å². The van der Waals surface area contributed by atoms with Crippen LogP contribution in [0.15, 0.2) is 30.5 Å². The fourth-order valence-electron chi connectivity index (χ4n) is 2.58. The molecule has 1 aromatic carbocycles. The highest BCUT2D eigenvalue weighted by Gasteiger charge is 2.30. The smallest absolute Gasteiger partial charge is 0.416 e. The Morgan fingerprint density at radius 3 is 2.52 bits per heavy atom. The topological polar surface area (TPSA) is 95.7 Å². The first kappa shape index (κ1) is 20.4. The molecule has 0 aliphatic rings. The lowest BCUT2D eigenvalue weighted by Crippen LogP contribution is -2.14. The number of alkyl halides is 3. The number of tetrazole rings is 1. The van der Waals surface area contributed by atoms with Crippen molar-refractivity contribution in [2.45, 2.75) is 39.5 Å². The molecule has 2 aromatic heterocycles. The summed E-state index contributed by atoms with van der Waals surface area (Å²) in [4.78, 5) is 20.8. The number of carbonyl (C=O) groups is 1. The maximum Gasteiger partial charge on any atom is 0.416 e. The molecule has 0 aliphatic carbocycles. The Labute approximate surface area is 163 Å². The number of nitrogens with zero attached hydrogens (tertiary/aromatic N) is 6. The minimum Gasteiger partial charge on any atom is -0.454 e. The Balaban J connectivity index is 1.77. The van der Waals surface area contributed by atoms with Crippen LogP contribution in [0, 0.1) is 6.92 Å². The van der Waals surface area contributed by atoms with Gasteiger partial charge in [-0.1, -0.05) is 13.8 Å². The third kappa shape index (κ3) is 4.55. The predicted molar refractivity (Wildman–Crippen MR) is 94.1 cm³/mol. The van der Waals surface area contributed by atoms with Gasteiger partial charge in [0.1, 0.15) is 5.82 Å². The van der Waals surface area contributed by atoms with Crippen LogP contribution in [0.5, 0.6) is 0 Å². The van der Waals surface area contributed by atoms with Gasteiger partial charge in [-0.15, -0.1) is 5.10 Å². The summed E-state index contributed by atoms with van der Waals surface area (Å²) in [5.41, 5.74) is 0.308. The molecule has 0 aliphatic heterocycles. The van der Waals surface area contributed by atoms with E-state index in [2.05, 4.69) is 25.5 Å². The third-order valence-electron chi connectivity index (χ3n) is 4.01. The van der Waals surface area contributed by atoms with Gasteiger partial charge in [-0.2, -0.15) is 17.9 Å². The van der Waals surface area contributed by atoms with E-state index in [9.17, 15) is 18.0 Å². The van der Waals surface area contributed by atoms with E-state index in [4.69, 9.17) is 4.74 Å². The lowest BCUT2D eigenvalue weighted by Gasteiger charge is -2.12. The molecule has 0 amide bonds. The summed E-state index contributed by atoms with van der Waals surface area (Å²) in [6, 6.07) is 4.31. The number of esters is 1. The summed E-state index contributed by atoms with van der Waals surface area (Å²) >= 11 is 0. The van der Waals surface area contributed by atoms with Gasteiger partial charge in [0.05, 0.1) is 22.5 Å². The molecule has 0 fully saturated rings. The Bertz CT molecular complexity index is 1020. The molecule has 11 heteroatoms. The normalized spacial score (nSPS) is 11.7. The van der Waals surface area contributed by atoms with Crippen molar-refractivity contribution in [1.82, 2.24) is 30.2 Å². The van der Waals surface area contributed by atoms with Gasteiger partial charge in [0.2, 0.25) is 0 Å². The standard InChI is InChI=1S/C18H17F3N6O2/c1-10(2)16-14(8-22-11(3)23-16)17(28)29-9-15-24-25-26-27(15)13-6-4-12(5-7-13)18(19,20)21/h4-8,10H,9H2,1-3H3. The van der Waals surface area contributed by atoms with Gasteiger partial charge >= 0.3 is 12.1 Å². The molecule has 0 spiro atoms. The Morgan fingerprint density at radius 2 is 1.90 bits per heavy atom. The van der Waals surface area contributed by atoms with Gasteiger partial charge in [0.25, 0.3) is 0 Å². The quantitative estimate of drug-likeness (QED) is 0.600. The number of rotatable bonds is 5. The number of benzene rings is 1. The molecule has 3 aromatic rings. The van der Waals surface area contributed by atoms with E-state index in [-0.39, 0.29) is 23.9 Å². The molecule has 0 atom stereocenters. The Hall–Kier alpha value is -3.37. The molecular formula is C18H17F3N6O2. The average Bonchev–Trinajstić information content (AvgIpc) is 3.14. The van der Waals surface area contributed by atoms with Crippen LogP contribution in [-0.4, -0.2) is 36.1 Å². The fraction of sp³-hybridized carbons (Fsp3) is 0.333. The molecule has 0 bridgehead atoms. The van der Waals surface area contributed by atoms with Gasteiger partial charge in [0.15, 0.2) is 12.4 Å². The summed E-state index contributed by atoms with van der Waals surface area (Å²) in [5.74, 6) is 0.0288. The van der Waals surface area contributed by atoms with E-state index < -0.39 is 17.7 Å². The summed E-state index contributed by atoms with van der Waals surface area (Å²) in [6.07, 6.45) is -3.04. The molecule has 0 N–H and O–H groups in total. The number of hydrogen-bond acceptors (Lipinski definition) is 7. The van der Waals surface area contributed by atoms with Crippen molar-refractivity contribution in [1.29, 1.82) is 0 Å². The second kappa shape index (κ2) is 7.94. The van der Waals surface area contributed by atoms with Crippen molar-refractivity contribution in [3.63, 3.8) is 0 Å². The summed E-state index contributed by atoms with van der Waals surface area (Å²) in [7, 11) is 0. The highest BCUT2D eigenvalue weighted by Crippen LogP contribution is 2.29. The predicted octanol–water partition coefficient (Wildman–Crippen LogP) is 3.26. The molecular weight excluding hydrogens is 389 g/mol. The monoisotopic (exact) mass is 406 g/mol. The first-order valence-corrected chi connectivity index (χ1v) is 8.62. The van der Waals surface area contributed by atoms with Crippen LogP contribution in [-0.2, 0) is 17.5 Å². The summed E-state index contributed by atoms with van der Waals surface area (Å²) < 4.78 is 44.6. The molecule has 0 unspecified atom stereocenters. The van der Waals surface area contributed by atoms with Gasteiger partial charge in [-0.25, -0.2) is 14.8 Å². The first-order chi connectivity index (χ1) is 13.7. The number of halogens is 3. The largest absolute Gasteiger partial charge is 0.454 e. The Morgan fingerprint density at radius 1 is 1.21 bits per heavy atom. The van der Waals surface area contributed by atoms with Crippen LogP contribution in [0.3, 0.4) is 0 Å². The van der Waals surface area contributed by atoms with Crippen LogP contribution >= 0.6 is 0 Å². The van der Waals surface area contributed by atoms with E-state index >= 15 is 0 Å². The van der Waals surface area contributed by atoms with Gasteiger partial charge < -0.3 is 4.74 Å². The number of aromatic nitrogens is 6. The van der Waals surface area contributed by atoms with Gasteiger partial charge in [-0.05, 0) is 47.5 Å². The zero-order chi connectivity index (χ0) is 21.2. The third-order valence-corrected chi connectivity index (χ3v) is 4.01. The van der Waals surface area contributed by atoms with Crippen LogP contribution < -0.4 is 0 Å². The molecule has 2 heterocycles. The van der Waals surface area contributed by atoms with Crippen molar-refractivity contribution in [2.75, 3.05) is 0 Å². The van der Waals surface area contributed by atoms with E-state index in [1.807, 2.05) is 13.8 Å². The van der Waals surface area contributed by atoms with E-state index in [1.54, 1.807) is 6.92 Å². The SMILES string of the molecule is Cc1ncc(C(=O)OCc2nnnn2-c2ccc(C(F)(F)F)cc2)c(C(C)C)n1. The fourth-order valence-corrected chi connectivity index (χ4v) is 2.58. The molecule has 0 saturated carbocycles. The maximum atomic E-state index is 12.7. The van der Waals surface area contributed by atoms with Crippen molar-refractivity contribution in [3.05, 3.63) is 58.9 Å². The second-order valence-corrected chi connectivity index (χ2v) is 6.50. The van der Waals surface area contributed by atoms with Crippen LogP contribution in [0.25, 0.3) is 5.69 Å². The molecule has 152 valence electrons. The molecule has 3 rings (SSSR count). The highest BCUT2D eigenvalue weighted by atomic mass is 19.4. The van der Waals surface area contributed by atoms with E-state index in [0.717, 1.165) is 12.1 Å².